The Morgan fingerprint density at radius 1 is 1.15 bits per heavy atom. The lowest BCUT2D eigenvalue weighted by molar-refractivity contribution is 0.122. The molecular formula is C16H17BrN8O. The number of H-pyrrole nitrogens is 1. The second-order valence-electron chi connectivity index (χ2n) is 5.64. The number of anilines is 3. The quantitative estimate of drug-likeness (QED) is 0.333. The number of fused-ring (bicyclic) bond motifs is 1. The van der Waals surface area contributed by atoms with Gasteiger partial charge in [-0.05, 0) is 6.07 Å². The fraction of sp³-hybridized carbons (Fsp3) is 0.250. The number of nitrogens with zero attached hydrogens (tertiary/aromatic N) is 5. The summed E-state index contributed by atoms with van der Waals surface area (Å²) in [5, 5.41) is 5.36. The lowest BCUT2D eigenvalue weighted by Crippen LogP contribution is -2.37. The number of benzene rings is 1. The van der Waals surface area contributed by atoms with Crippen LogP contribution in [0.2, 0.25) is 0 Å². The van der Waals surface area contributed by atoms with Crippen molar-refractivity contribution >= 4 is 51.1 Å². The van der Waals surface area contributed by atoms with Gasteiger partial charge in [0, 0.05) is 51.9 Å². The van der Waals surface area contributed by atoms with Crippen molar-refractivity contribution in [2.75, 3.05) is 41.0 Å². The molecule has 1 aliphatic heterocycles. The Labute approximate surface area is 158 Å². The summed E-state index contributed by atoms with van der Waals surface area (Å²) in [4.78, 5) is 18.3. The molecule has 26 heavy (non-hydrogen) atoms. The number of rotatable bonds is 5. The van der Waals surface area contributed by atoms with E-state index in [9.17, 15) is 0 Å². The van der Waals surface area contributed by atoms with Gasteiger partial charge in [0.05, 0.1) is 19.4 Å². The van der Waals surface area contributed by atoms with Gasteiger partial charge in [-0.2, -0.15) is 20.1 Å². The number of aromatic amines is 1. The highest BCUT2D eigenvalue weighted by molar-refractivity contribution is 9.10. The van der Waals surface area contributed by atoms with Crippen LogP contribution in [-0.2, 0) is 4.74 Å². The second kappa shape index (κ2) is 7.67. The zero-order chi connectivity index (χ0) is 17.8. The predicted octanol–water partition coefficient (Wildman–Crippen LogP) is 2.36. The highest BCUT2D eigenvalue weighted by atomic mass is 79.9. The van der Waals surface area contributed by atoms with E-state index < -0.39 is 0 Å². The molecule has 134 valence electrons. The highest BCUT2D eigenvalue weighted by Gasteiger charge is 2.16. The van der Waals surface area contributed by atoms with E-state index in [0.717, 1.165) is 29.6 Å². The summed E-state index contributed by atoms with van der Waals surface area (Å²) < 4.78 is 8.14. The molecule has 2 aromatic heterocycles. The summed E-state index contributed by atoms with van der Waals surface area (Å²) in [6.07, 6.45) is 3.64. The van der Waals surface area contributed by atoms with Crippen LogP contribution in [0.15, 0.2) is 35.6 Å². The molecule has 0 aliphatic carbocycles. The predicted molar refractivity (Wildman–Crippen MR) is 105 cm³/mol. The molecule has 10 heteroatoms. The van der Waals surface area contributed by atoms with Gasteiger partial charge in [0.25, 0.3) is 0 Å². The van der Waals surface area contributed by atoms with Gasteiger partial charge in [-0.1, -0.05) is 18.2 Å². The number of nitrogens with one attached hydrogen (secondary N) is 3. The molecule has 1 fully saturated rings. The summed E-state index contributed by atoms with van der Waals surface area (Å²) in [5.74, 6) is 1.35. The maximum absolute atomic E-state index is 5.37. The third-order valence-electron chi connectivity index (χ3n) is 3.99. The van der Waals surface area contributed by atoms with Gasteiger partial charge in [-0.25, -0.2) is 5.43 Å². The Bertz CT molecular complexity index is 922. The number of aromatic nitrogens is 4. The fourth-order valence-corrected chi connectivity index (χ4v) is 2.90. The molecule has 0 unspecified atom stereocenters. The van der Waals surface area contributed by atoms with E-state index in [1.165, 1.54) is 0 Å². The minimum atomic E-state index is 0.361. The minimum absolute atomic E-state index is 0.361. The third-order valence-corrected chi connectivity index (χ3v) is 4.35. The van der Waals surface area contributed by atoms with E-state index in [4.69, 9.17) is 4.74 Å². The van der Waals surface area contributed by atoms with Gasteiger partial charge in [0.2, 0.25) is 17.8 Å². The summed E-state index contributed by atoms with van der Waals surface area (Å²) in [7, 11) is 0. The Kier molecular flexibility index (Phi) is 4.93. The molecular weight excluding hydrogens is 400 g/mol. The summed E-state index contributed by atoms with van der Waals surface area (Å²) in [6.45, 7) is 2.79. The van der Waals surface area contributed by atoms with Gasteiger partial charge >= 0.3 is 0 Å². The van der Waals surface area contributed by atoms with Crippen LogP contribution in [0.4, 0.5) is 17.8 Å². The first-order chi connectivity index (χ1) is 12.8. The molecule has 0 atom stereocenters. The van der Waals surface area contributed by atoms with E-state index in [1.54, 1.807) is 6.21 Å². The number of morpholine rings is 1. The normalized spacial score (nSPS) is 14.9. The van der Waals surface area contributed by atoms with Crippen molar-refractivity contribution in [2.24, 2.45) is 5.10 Å². The van der Waals surface area contributed by atoms with Crippen molar-refractivity contribution in [2.45, 2.75) is 0 Å². The number of hydrogen-bond donors (Lipinski definition) is 3. The molecule has 0 radical (unpaired) electrons. The molecule has 0 saturated carbocycles. The topological polar surface area (TPSA) is 103 Å². The number of hydrazone groups is 1. The molecule has 1 aliphatic rings. The van der Waals surface area contributed by atoms with Gasteiger partial charge in [-0.3, -0.25) is 4.34 Å². The van der Waals surface area contributed by atoms with Gasteiger partial charge in [-0.15, -0.1) is 0 Å². The SMILES string of the molecule is BrNc1nc(N/N=C\c2c[nH]c3ccccc23)nc(N2CCOCC2)n1. The summed E-state index contributed by atoms with van der Waals surface area (Å²) in [6, 6.07) is 8.05. The Balaban J connectivity index is 1.53. The van der Waals surface area contributed by atoms with Gasteiger partial charge in [0.15, 0.2) is 0 Å². The monoisotopic (exact) mass is 416 g/mol. The lowest BCUT2D eigenvalue weighted by Gasteiger charge is -2.26. The highest BCUT2D eigenvalue weighted by Crippen LogP contribution is 2.17. The van der Waals surface area contributed by atoms with Crippen LogP contribution in [0.25, 0.3) is 10.9 Å². The summed E-state index contributed by atoms with van der Waals surface area (Å²) >= 11 is 3.16. The number of para-hydroxylation sites is 1. The van der Waals surface area contributed by atoms with E-state index in [2.05, 4.69) is 51.0 Å². The number of ether oxygens (including phenoxy) is 1. The first-order valence-electron chi connectivity index (χ1n) is 8.14. The van der Waals surface area contributed by atoms with E-state index in [1.807, 2.05) is 35.4 Å². The van der Waals surface area contributed by atoms with Crippen LogP contribution in [0, 0.1) is 0 Å². The zero-order valence-corrected chi connectivity index (χ0v) is 15.4. The van der Waals surface area contributed by atoms with Crippen LogP contribution in [0.5, 0.6) is 0 Å². The zero-order valence-electron chi connectivity index (χ0n) is 13.8. The third kappa shape index (κ3) is 3.60. The molecule has 1 saturated heterocycles. The minimum Gasteiger partial charge on any atom is -0.378 e. The molecule has 3 aromatic rings. The molecule has 0 amide bonds. The van der Waals surface area contributed by atoms with Crippen molar-refractivity contribution in [1.29, 1.82) is 0 Å². The Hall–Kier alpha value is -2.72. The molecule has 9 nitrogen and oxygen atoms in total. The molecule has 3 N–H and O–H groups in total. The Morgan fingerprint density at radius 2 is 1.96 bits per heavy atom. The van der Waals surface area contributed by atoms with Crippen molar-refractivity contribution in [3.05, 3.63) is 36.0 Å². The lowest BCUT2D eigenvalue weighted by atomic mass is 10.2. The van der Waals surface area contributed by atoms with Crippen molar-refractivity contribution in [1.82, 2.24) is 19.9 Å². The van der Waals surface area contributed by atoms with Crippen molar-refractivity contribution in [3.63, 3.8) is 0 Å². The van der Waals surface area contributed by atoms with Crippen LogP contribution < -0.4 is 14.7 Å². The largest absolute Gasteiger partial charge is 0.378 e. The van der Waals surface area contributed by atoms with Crippen molar-refractivity contribution < 1.29 is 4.74 Å². The summed E-state index contributed by atoms with van der Waals surface area (Å²) in [5.41, 5.74) is 4.92. The first-order valence-corrected chi connectivity index (χ1v) is 8.93. The smallest absolute Gasteiger partial charge is 0.250 e. The van der Waals surface area contributed by atoms with Gasteiger partial charge in [0.1, 0.15) is 0 Å². The van der Waals surface area contributed by atoms with Crippen LogP contribution in [0.1, 0.15) is 5.56 Å². The average molecular weight is 417 g/mol. The molecule has 0 bridgehead atoms. The Morgan fingerprint density at radius 3 is 2.81 bits per heavy atom. The van der Waals surface area contributed by atoms with E-state index >= 15 is 0 Å². The standard InChI is InChI=1S/C16H17BrN8O/c17-23-14-20-15(22-16(21-14)25-5-7-26-8-6-25)24-19-10-11-9-18-13-4-2-1-3-12(11)13/h1-4,9-10,18H,5-8H2,(H2,20,21,22,23,24)/b19-10-. The maximum atomic E-state index is 5.37. The van der Waals surface area contributed by atoms with Crippen molar-refractivity contribution in [3.8, 4) is 0 Å². The molecule has 3 heterocycles. The van der Waals surface area contributed by atoms with Crippen LogP contribution in [0.3, 0.4) is 0 Å². The second-order valence-corrected chi connectivity index (χ2v) is 6.03. The van der Waals surface area contributed by atoms with E-state index in [-0.39, 0.29) is 0 Å². The van der Waals surface area contributed by atoms with Crippen LogP contribution in [-0.4, -0.2) is 52.5 Å². The van der Waals surface area contributed by atoms with E-state index in [0.29, 0.717) is 31.1 Å². The first kappa shape index (κ1) is 16.7. The molecule has 1 aromatic carbocycles. The fourth-order valence-electron chi connectivity index (χ4n) is 2.72. The average Bonchev–Trinajstić information content (AvgIpc) is 3.12. The van der Waals surface area contributed by atoms with Crippen LogP contribution >= 0.6 is 16.1 Å². The number of halogens is 1. The maximum Gasteiger partial charge on any atom is 0.250 e. The molecule has 4 rings (SSSR count). The molecule has 0 spiro atoms. The number of hydrogen-bond acceptors (Lipinski definition) is 8. The van der Waals surface area contributed by atoms with Gasteiger partial charge < -0.3 is 14.6 Å².